The van der Waals surface area contributed by atoms with Crippen LogP contribution >= 0.6 is 0 Å². The topological polar surface area (TPSA) is 50.1 Å². The molecule has 0 saturated heterocycles. The van der Waals surface area contributed by atoms with Gasteiger partial charge < -0.3 is 16.4 Å². The molecule has 0 amide bonds. The van der Waals surface area contributed by atoms with Crippen LogP contribution in [-0.2, 0) is 6.42 Å². The molecule has 17 heavy (non-hydrogen) atoms. The molecular formula is C14H25N3. The lowest BCUT2D eigenvalue weighted by atomic mass is 10.1. The predicted molar refractivity (Wildman–Crippen MR) is 76.6 cm³/mol. The van der Waals surface area contributed by atoms with Gasteiger partial charge in [-0.25, -0.2) is 0 Å². The zero-order chi connectivity index (χ0) is 12.7. The monoisotopic (exact) mass is 235 g/mol. The zero-order valence-corrected chi connectivity index (χ0v) is 11.3. The Hall–Kier alpha value is -1.22. The Morgan fingerprint density at radius 2 is 1.88 bits per heavy atom. The highest BCUT2D eigenvalue weighted by Gasteiger charge is 2.03. The third kappa shape index (κ3) is 4.27. The Kier molecular flexibility index (Phi) is 5.84. The van der Waals surface area contributed by atoms with Gasteiger partial charge in [-0.1, -0.05) is 6.92 Å². The summed E-state index contributed by atoms with van der Waals surface area (Å²) in [6.07, 6.45) is 3.38. The maximum absolute atomic E-state index is 5.96. The number of rotatable bonds is 7. The van der Waals surface area contributed by atoms with Crippen molar-refractivity contribution in [3.63, 3.8) is 0 Å². The van der Waals surface area contributed by atoms with E-state index in [9.17, 15) is 0 Å². The second-order valence-corrected chi connectivity index (χ2v) is 4.46. The molecule has 0 spiro atoms. The first-order valence-electron chi connectivity index (χ1n) is 6.46. The largest absolute Gasteiger partial charge is 0.398 e. The number of hydrogen-bond acceptors (Lipinski definition) is 3. The first kappa shape index (κ1) is 13.8. The van der Waals surface area contributed by atoms with Crippen LogP contribution < -0.4 is 16.4 Å². The minimum Gasteiger partial charge on any atom is -0.398 e. The van der Waals surface area contributed by atoms with Gasteiger partial charge in [0.25, 0.3) is 0 Å². The van der Waals surface area contributed by atoms with Crippen LogP contribution in [0.25, 0.3) is 0 Å². The van der Waals surface area contributed by atoms with E-state index in [1.807, 2.05) is 7.05 Å². The minimum atomic E-state index is 0.908. The number of unbranched alkanes of at least 4 members (excludes halogenated alkanes) is 1. The van der Waals surface area contributed by atoms with Crippen LogP contribution in [0, 0.1) is 6.92 Å². The lowest BCUT2D eigenvalue weighted by Gasteiger charge is -2.13. The van der Waals surface area contributed by atoms with Crippen molar-refractivity contribution in [1.82, 2.24) is 5.32 Å². The van der Waals surface area contributed by atoms with E-state index in [0.29, 0.717) is 0 Å². The molecule has 96 valence electrons. The van der Waals surface area contributed by atoms with Crippen LogP contribution in [0.5, 0.6) is 0 Å². The van der Waals surface area contributed by atoms with Crippen LogP contribution in [0.2, 0.25) is 0 Å². The van der Waals surface area contributed by atoms with Crippen LogP contribution in [0.15, 0.2) is 12.1 Å². The molecule has 0 atom stereocenters. The van der Waals surface area contributed by atoms with Gasteiger partial charge >= 0.3 is 0 Å². The van der Waals surface area contributed by atoms with Gasteiger partial charge in [0, 0.05) is 17.9 Å². The second kappa shape index (κ2) is 7.17. The van der Waals surface area contributed by atoms with E-state index >= 15 is 0 Å². The second-order valence-electron chi connectivity index (χ2n) is 4.46. The normalized spacial score (nSPS) is 10.5. The van der Waals surface area contributed by atoms with E-state index in [2.05, 4.69) is 36.6 Å². The molecule has 0 aromatic heterocycles. The van der Waals surface area contributed by atoms with Crippen molar-refractivity contribution in [1.29, 1.82) is 0 Å². The summed E-state index contributed by atoms with van der Waals surface area (Å²) >= 11 is 0. The fourth-order valence-electron chi connectivity index (χ4n) is 1.92. The standard InChI is InChI=1S/C14H25N3/c1-4-12-10-14(11(2)9-13(12)15)17-8-6-5-7-16-3/h9-10,16-17H,4-8,15H2,1-3H3. The smallest absolute Gasteiger partial charge is 0.0374 e. The number of benzene rings is 1. The summed E-state index contributed by atoms with van der Waals surface area (Å²) in [6.45, 7) is 6.35. The SMILES string of the molecule is CCc1cc(NCCCCNC)c(C)cc1N. The van der Waals surface area contributed by atoms with E-state index < -0.39 is 0 Å². The van der Waals surface area contributed by atoms with E-state index in [1.165, 1.54) is 29.7 Å². The molecule has 0 heterocycles. The van der Waals surface area contributed by atoms with Crippen molar-refractivity contribution < 1.29 is 0 Å². The van der Waals surface area contributed by atoms with Gasteiger partial charge in [0.05, 0.1) is 0 Å². The lowest BCUT2D eigenvalue weighted by molar-refractivity contribution is 0.694. The first-order chi connectivity index (χ1) is 8.19. The Morgan fingerprint density at radius 3 is 2.53 bits per heavy atom. The molecule has 0 aliphatic rings. The number of anilines is 2. The third-order valence-corrected chi connectivity index (χ3v) is 3.04. The number of nitrogens with one attached hydrogen (secondary N) is 2. The average molecular weight is 235 g/mol. The summed E-state index contributed by atoms with van der Waals surface area (Å²) in [5.41, 5.74) is 10.5. The van der Waals surface area contributed by atoms with Gasteiger partial charge in [0.1, 0.15) is 0 Å². The highest BCUT2D eigenvalue weighted by Crippen LogP contribution is 2.23. The van der Waals surface area contributed by atoms with E-state index in [1.54, 1.807) is 0 Å². The Balaban J connectivity index is 2.52. The van der Waals surface area contributed by atoms with Gasteiger partial charge in [-0.05, 0) is 63.0 Å². The van der Waals surface area contributed by atoms with Crippen LogP contribution in [-0.4, -0.2) is 20.1 Å². The van der Waals surface area contributed by atoms with Crippen LogP contribution in [0.3, 0.4) is 0 Å². The van der Waals surface area contributed by atoms with Gasteiger partial charge in [0.2, 0.25) is 0 Å². The lowest BCUT2D eigenvalue weighted by Crippen LogP contribution is -2.10. The van der Waals surface area contributed by atoms with Crippen molar-refractivity contribution >= 4 is 11.4 Å². The fraction of sp³-hybridized carbons (Fsp3) is 0.571. The van der Waals surface area contributed by atoms with Crippen molar-refractivity contribution in [2.75, 3.05) is 31.2 Å². The molecule has 0 saturated carbocycles. The third-order valence-electron chi connectivity index (χ3n) is 3.04. The number of nitrogens with two attached hydrogens (primary N) is 1. The Morgan fingerprint density at radius 1 is 1.18 bits per heavy atom. The predicted octanol–water partition coefficient (Wildman–Crippen LogP) is 2.55. The van der Waals surface area contributed by atoms with Crippen molar-refractivity contribution in [2.45, 2.75) is 33.1 Å². The number of nitrogen functional groups attached to an aromatic ring is 1. The first-order valence-corrected chi connectivity index (χ1v) is 6.46. The van der Waals surface area contributed by atoms with E-state index in [0.717, 1.165) is 25.2 Å². The molecule has 0 bridgehead atoms. The summed E-state index contributed by atoms with van der Waals surface area (Å²) in [5, 5.41) is 6.65. The summed E-state index contributed by atoms with van der Waals surface area (Å²) < 4.78 is 0. The molecule has 0 aliphatic carbocycles. The van der Waals surface area contributed by atoms with Crippen LogP contribution in [0.1, 0.15) is 30.9 Å². The van der Waals surface area contributed by atoms with Gasteiger partial charge in [-0.2, -0.15) is 0 Å². The Labute approximate surface area is 105 Å². The van der Waals surface area contributed by atoms with Gasteiger partial charge in [-0.15, -0.1) is 0 Å². The highest BCUT2D eigenvalue weighted by atomic mass is 14.9. The van der Waals surface area contributed by atoms with Crippen molar-refractivity contribution in [3.8, 4) is 0 Å². The summed E-state index contributed by atoms with van der Waals surface area (Å²) in [6, 6.07) is 4.25. The van der Waals surface area contributed by atoms with Gasteiger partial charge in [-0.3, -0.25) is 0 Å². The van der Waals surface area contributed by atoms with E-state index in [-0.39, 0.29) is 0 Å². The molecule has 0 fully saturated rings. The molecular weight excluding hydrogens is 210 g/mol. The minimum absolute atomic E-state index is 0.908. The van der Waals surface area contributed by atoms with Crippen LogP contribution in [0.4, 0.5) is 11.4 Å². The highest BCUT2D eigenvalue weighted by molar-refractivity contribution is 5.62. The molecule has 3 nitrogen and oxygen atoms in total. The quantitative estimate of drug-likeness (QED) is 0.503. The summed E-state index contributed by atoms with van der Waals surface area (Å²) in [5.74, 6) is 0. The summed E-state index contributed by atoms with van der Waals surface area (Å²) in [4.78, 5) is 0. The number of hydrogen-bond donors (Lipinski definition) is 3. The molecule has 4 N–H and O–H groups in total. The van der Waals surface area contributed by atoms with Crippen molar-refractivity contribution in [2.24, 2.45) is 0 Å². The number of aryl methyl sites for hydroxylation is 2. The molecule has 3 heteroatoms. The molecule has 0 radical (unpaired) electrons. The van der Waals surface area contributed by atoms with Gasteiger partial charge in [0.15, 0.2) is 0 Å². The zero-order valence-electron chi connectivity index (χ0n) is 11.3. The molecule has 1 aromatic rings. The maximum atomic E-state index is 5.96. The maximum Gasteiger partial charge on any atom is 0.0374 e. The Bertz CT molecular complexity index is 348. The fourth-order valence-corrected chi connectivity index (χ4v) is 1.92. The molecule has 0 aliphatic heterocycles. The molecule has 1 aromatic carbocycles. The average Bonchev–Trinajstić information content (AvgIpc) is 2.31. The van der Waals surface area contributed by atoms with E-state index in [4.69, 9.17) is 5.73 Å². The molecule has 0 unspecified atom stereocenters. The summed E-state index contributed by atoms with van der Waals surface area (Å²) in [7, 11) is 1.99. The van der Waals surface area contributed by atoms with Crippen molar-refractivity contribution in [3.05, 3.63) is 23.3 Å². The molecule has 1 rings (SSSR count).